The lowest BCUT2D eigenvalue weighted by molar-refractivity contribution is 0.0785. The van der Waals surface area contributed by atoms with Crippen LogP contribution in [0.15, 0.2) is 30.5 Å². The van der Waals surface area contributed by atoms with Crippen molar-refractivity contribution in [2.45, 2.75) is 6.54 Å². The van der Waals surface area contributed by atoms with Gasteiger partial charge >= 0.3 is 0 Å². The number of anilines is 1. The third-order valence-electron chi connectivity index (χ3n) is 3.70. The highest BCUT2D eigenvalue weighted by atomic mass is 35.5. The summed E-state index contributed by atoms with van der Waals surface area (Å²) in [7, 11) is 1.80. The molecule has 0 aromatic carbocycles. The first-order chi connectivity index (χ1) is 11.1. The van der Waals surface area contributed by atoms with Gasteiger partial charge in [-0.3, -0.25) is 4.79 Å². The minimum Gasteiger partial charge on any atom is -0.378 e. The highest BCUT2D eigenvalue weighted by Gasteiger charge is 2.22. The highest BCUT2D eigenvalue weighted by molar-refractivity contribution is 7.16. The van der Waals surface area contributed by atoms with Crippen molar-refractivity contribution in [1.82, 2.24) is 9.88 Å². The summed E-state index contributed by atoms with van der Waals surface area (Å²) in [6.45, 7) is 3.36. The average molecular weight is 352 g/mol. The van der Waals surface area contributed by atoms with Crippen molar-refractivity contribution in [3.8, 4) is 0 Å². The maximum Gasteiger partial charge on any atom is 0.257 e. The molecule has 0 radical (unpaired) electrons. The fraction of sp³-hybridized carbons (Fsp3) is 0.375. The molecule has 1 fully saturated rings. The smallest absolute Gasteiger partial charge is 0.257 e. The molecule has 0 saturated carbocycles. The number of ether oxygens (including phenoxy) is 1. The van der Waals surface area contributed by atoms with Crippen LogP contribution in [0.25, 0.3) is 0 Å². The largest absolute Gasteiger partial charge is 0.378 e. The van der Waals surface area contributed by atoms with Gasteiger partial charge in [-0.25, -0.2) is 4.98 Å². The molecule has 3 rings (SSSR count). The molecule has 2 aromatic heterocycles. The van der Waals surface area contributed by atoms with Gasteiger partial charge in [-0.1, -0.05) is 11.6 Å². The van der Waals surface area contributed by atoms with E-state index in [1.807, 2.05) is 18.2 Å². The number of rotatable bonds is 4. The van der Waals surface area contributed by atoms with Crippen LogP contribution < -0.4 is 4.90 Å². The summed E-state index contributed by atoms with van der Waals surface area (Å²) in [4.78, 5) is 22.1. The number of carbonyl (C=O) groups excluding carboxylic acids is 1. The molecule has 5 nitrogen and oxygen atoms in total. The summed E-state index contributed by atoms with van der Waals surface area (Å²) in [5.41, 5.74) is 0.625. The topological polar surface area (TPSA) is 45.7 Å². The maximum absolute atomic E-state index is 12.8. The number of halogens is 1. The van der Waals surface area contributed by atoms with E-state index in [1.165, 1.54) is 11.3 Å². The number of carbonyl (C=O) groups is 1. The molecule has 23 heavy (non-hydrogen) atoms. The molecule has 122 valence electrons. The molecule has 2 aromatic rings. The van der Waals surface area contributed by atoms with Gasteiger partial charge in [0.05, 0.1) is 29.7 Å². The van der Waals surface area contributed by atoms with Crippen LogP contribution in [0.1, 0.15) is 15.2 Å². The molecular weight excluding hydrogens is 334 g/mol. The van der Waals surface area contributed by atoms with Gasteiger partial charge in [0.2, 0.25) is 0 Å². The van der Waals surface area contributed by atoms with Gasteiger partial charge in [-0.05, 0) is 24.3 Å². The molecule has 7 heteroatoms. The third kappa shape index (κ3) is 3.83. The molecule has 1 aliphatic heterocycles. The van der Waals surface area contributed by atoms with E-state index in [1.54, 1.807) is 24.2 Å². The minimum absolute atomic E-state index is 0.0379. The number of morpholine rings is 1. The number of hydrogen-bond acceptors (Lipinski definition) is 5. The number of hydrogen-bond donors (Lipinski definition) is 0. The van der Waals surface area contributed by atoms with Gasteiger partial charge in [0, 0.05) is 31.2 Å². The predicted molar refractivity (Wildman–Crippen MR) is 92.4 cm³/mol. The van der Waals surface area contributed by atoms with Crippen molar-refractivity contribution < 1.29 is 9.53 Å². The van der Waals surface area contributed by atoms with E-state index in [9.17, 15) is 4.79 Å². The molecule has 1 amide bonds. The highest BCUT2D eigenvalue weighted by Crippen LogP contribution is 2.24. The molecular formula is C16H18ClN3O2S. The van der Waals surface area contributed by atoms with Gasteiger partial charge in [-0.2, -0.15) is 0 Å². The molecule has 0 spiro atoms. The second kappa shape index (κ2) is 7.29. The van der Waals surface area contributed by atoms with Crippen molar-refractivity contribution in [2.24, 2.45) is 0 Å². The second-order valence-electron chi connectivity index (χ2n) is 5.34. The Kier molecular flexibility index (Phi) is 5.15. The Hall–Kier alpha value is -1.63. The van der Waals surface area contributed by atoms with E-state index >= 15 is 0 Å². The van der Waals surface area contributed by atoms with Crippen molar-refractivity contribution in [2.75, 3.05) is 38.3 Å². The molecule has 0 unspecified atom stereocenters. The minimum atomic E-state index is -0.0379. The first-order valence-corrected chi connectivity index (χ1v) is 8.62. The standard InChI is InChI=1S/C16H18ClN3O2S/c1-19(11-12-4-5-14(17)23-12)16(21)13-3-2-6-18-15(13)20-7-9-22-10-8-20/h2-6H,7-11H2,1H3. The third-order valence-corrected chi connectivity index (χ3v) is 4.91. The number of nitrogens with zero attached hydrogens (tertiary/aromatic N) is 3. The SMILES string of the molecule is CN(Cc1ccc(Cl)s1)C(=O)c1cccnc1N1CCOCC1. The zero-order valence-corrected chi connectivity index (χ0v) is 14.4. The Morgan fingerprint density at radius 1 is 1.39 bits per heavy atom. The Labute approximate surface area is 144 Å². The van der Waals surface area contributed by atoms with E-state index < -0.39 is 0 Å². The van der Waals surface area contributed by atoms with E-state index in [4.69, 9.17) is 16.3 Å². The van der Waals surface area contributed by atoms with Crippen LogP contribution in [-0.4, -0.2) is 49.1 Å². The average Bonchev–Trinajstić information content (AvgIpc) is 3.00. The van der Waals surface area contributed by atoms with E-state index in [0.717, 1.165) is 28.1 Å². The van der Waals surface area contributed by atoms with E-state index in [0.29, 0.717) is 25.3 Å². The lowest BCUT2D eigenvalue weighted by atomic mass is 10.2. The van der Waals surface area contributed by atoms with Gasteiger partial charge < -0.3 is 14.5 Å². The van der Waals surface area contributed by atoms with Crippen molar-refractivity contribution in [1.29, 1.82) is 0 Å². The quantitative estimate of drug-likeness (QED) is 0.849. The van der Waals surface area contributed by atoms with E-state index in [-0.39, 0.29) is 5.91 Å². The van der Waals surface area contributed by atoms with Crippen LogP contribution in [0.3, 0.4) is 0 Å². The van der Waals surface area contributed by atoms with Gasteiger partial charge in [0.1, 0.15) is 5.82 Å². The Morgan fingerprint density at radius 2 is 2.17 bits per heavy atom. The first kappa shape index (κ1) is 16.2. The maximum atomic E-state index is 12.8. The normalized spacial score (nSPS) is 14.8. The molecule has 0 aliphatic carbocycles. The summed E-state index contributed by atoms with van der Waals surface area (Å²) in [6.07, 6.45) is 1.72. The lowest BCUT2D eigenvalue weighted by Crippen LogP contribution is -2.38. The summed E-state index contributed by atoms with van der Waals surface area (Å²) < 4.78 is 6.11. The molecule has 3 heterocycles. The fourth-order valence-electron chi connectivity index (χ4n) is 2.54. The zero-order chi connectivity index (χ0) is 16.2. The fourth-order valence-corrected chi connectivity index (χ4v) is 3.68. The first-order valence-electron chi connectivity index (χ1n) is 7.42. The van der Waals surface area contributed by atoms with E-state index in [2.05, 4.69) is 9.88 Å². The second-order valence-corrected chi connectivity index (χ2v) is 7.14. The summed E-state index contributed by atoms with van der Waals surface area (Å²) >= 11 is 7.44. The lowest BCUT2D eigenvalue weighted by Gasteiger charge is -2.29. The Morgan fingerprint density at radius 3 is 2.87 bits per heavy atom. The number of amides is 1. The Bertz CT molecular complexity index is 685. The van der Waals surface area contributed by atoms with Gasteiger partial charge in [-0.15, -0.1) is 11.3 Å². The number of thiophene rings is 1. The Balaban J connectivity index is 1.78. The van der Waals surface area contributed by atoms with Gasteiger partial charge in [0.25, 0.3) is 5.91 Å². The zero-order valence-electron chi connectivity index (χ0n) is 12.9. The van der Waals surface area contributed by atoms with Crippen molar-refractivity contribution in [3.63, 3.8) is 0 Å². The van der Waals surface area contributed by atoms with Crippen LogP contribution in [0.2, 0.25) is 4.34 Å². The molecule has 0 N–H and O–H groups in total. The van der Waals surface area contributed by atoms with Gasteiger partial charge in [0.15, 0.2) is 0 Å². The monoisotopic (exact) mass is 351 g/mol. The summed E-state index contributed by atoms with van der Waals surface area (Å²) in [5.74, 6) is 0.695. The molecule has 1 aliphatic rings. The number of pyridine rings is 1. The van der Waals surface area contributed by atoms with Crippen LogP contribution in [-0.2, 0) is 11.3 Å². The number of aromatic nitrogens is 1. The summed E-state index contributed by atoms with van der Waals surface area (Å²) in [6, 6.07) is 7.43. The van der Waals surface area contributed by atoms with Crippen LogP contribution in [0.4, 0.5) is 5.82 Å². The molecule has 0 bridgehead atoms. The molecule has 1 saturated heterocycles. The van der Waals surface area contributed by atoms with Crippen LogP contribution in [0, 0.1) is 0 Å². The molecule has 0 atom stereocenters. The summed E-state index contributed by atoms with van der Waals surface area (Å²) in [5, 5.41) is 0. The predicted octanol–water partition coefficient (Wildman–Crippen LogP) is 2.91. The van der Waals surface area contributed by atoms with Crippen LogP contribution >= 0.6 is 22.9 Å². The van der Waals surface area contributed by atoms with Crippen molar-refractivity contribution >= 4 is 34.7 Å². The van der Waals surface area contributed by atoms with Crippen molar-refractivity contribution in [3.05, 3.63) is 45.2 Å². The van der Waals surface area contributed by atoms with Crippen LogP contribution in [0.5, 0.6) is 0 Å².